The Morgan fingerprint density at radius 1 is 1.17 bits per heavy atom. The second-order valence-electron chi connectivity index (χ2n) is 8.18. The molecular weight excluding hydrogens is 472 g/mol. The average Bonchev–Trinajstić information content (AvgIpc) is 3.61. The van der Waals surface area contributed by atoms with E-state index in [4.69, 9.17) is 18.9 Å². The Morgan fingerprint density at radius 3 is 2.91 bits per heavy atom. The van der Waals surface area contributed by atoms with Crippen LogP contribution in [0.25, 0.3) is 6.08 Å². The highest BCUT2D eigenvalue weighted by Crippen LogP contribution is 2.36. The third-order valence-electron chi connectivity index (χ3n) is 5.75. The summed E-state index contributed by atoms with van der Waals surface area (Å²) in [6.07, 6.45) is 3.74. The highest BCUT2D eigenvalue weighted by atomic mass is 32.2. The lowest BCUT2D eigenvalue weighted by atomic mass is 10.2. The summed E-state index contributed by atoms with van der Waals surface area (Å²) in [5.74, 6) is 1.13. The third kappa shape index (κ3) is 5.44. The fraction of sp³-hybridized carbons (Fsp3) is 0.320. The zero-order valence-electron chi connectivity index (χ0n) is 18.9. The molecule has 1 unspecified atom stereocenters. The van der Waals surface area contributed by atoms with Gasteiger partial charge in [-0.15, -0.1) is 0 Å². The van der Waals surface area contributed by atoms with Crippen molar-refractivity contribution in [2.24, 2.45) is 0 Å². The first-order chi connectivity index (χ1) is 17.1. The highest BCUT2D eigenvalue weighted by Gasteiger charge is 2.34. The molecule has 182 valence electrons. The molecule has 5 rings (SSSR count). The van der Waals surface area contributed by atoms with Crippen molar-refractivity contribution >= 4 is 34.9 Å². The number of carbonyl (C=O) groups excluding carboxylic acids is 3. The van der Waals surface area contributed by atoms with E-state index >= 15 is 0 Å². The number of imide groups is 1. The summed E-state index contributed by atoms with van der Waals surface area (Å²) in [4.78, 5) is 39.2. The molecule has 2 aromatic rings. The maximum atomic E-state index is 12.7. The van der Waals surface area contributed by atoms with Gasteiger partial charge in [0.25, 0.3) is 17.1 Å². The van der Waals surface area contributed by atoms with Gasteiger partial charge in [0.1, 0.15) is 12.4 Å². The molecule has 0 aromatic heterocycles. The van der Waals surface area contributed by atoms with Crippen molar-refractivity contribution < 1.29 is 33.3 Å². The fourth-order valence-corrected chi connectivity index (χ4v) is 4.79. The van der Waals surface area contributed by atoms with E-state index in [1.165, 1.54) is 0 Å². The molecule has 3 heterocycles. The zero-order chi connectivity index (χ0) is 24.2. The van der Waals surface area contributed by atoms with Gasteiger partial charge in [-0.25, -0.2) is 0 Å². The Labute approximate surface area is 206 Å². The first-order valence-electron chi connectivity index (χ1n) is 11.3. The third-order valence-corrected chi connectivity index (χ3v) is 6.65. The predicted octanol–water partition coefficient (Wildman–Crippen LogP) is 3.44. The van der Waals surface area contributed by atoms with E-state index in [2.05, 4.69) is 5.32 Å². The second kappa shape index (κ2) is 10.4. The number of fused-ring (bicyclic) bond motifs is 1. The number of hydrogen-bond donors (Lipinski definition) is 1. The Morgan fingerprint density at radius 2 is 2.06 bits per heavy atom. The van der Waals surface area contributed by atoms with Gasteiger partial charge in [0.15, 0.2) is 11.5 Å². The van der Waals surface area contributed by atoms with Crippen LogP contribution in [0, 0.1) is 0 Å². The van der Waals surface area contributed by atoms with E-state index in [1.54, 1.807) is 48.5 Å². The molecule has 0 saturated carbocycles. The SMILES string of the molecule is O=C(NCCN1C(=O)S/C(=C\c2ccc3c(c2)OCO3)C1=O)c1cccc(OCC2CCCO2)c1. The van der Waals surface area contributed by atoms with Gasteiger partial charge in [-0.2, -0.15) is 0 Å². The number of nitrogens with one attached hydrogen (secondary N) is 1. The number of nitrogens with zero attached hydrogens (tertiary/aromatic N) is 1. The molecule has 0 bridgehead atoms. The van der Waals surface area contributed by atoms with Crippen LogP contribution < -0.4 is 19.5 Å². The molecule has 3 amide bonds. The minimum atomic E-state index is -0.392. The molecule has 2 aromatic carbocycles. The van der Waals surface area contributed by atoms with Crippen LogP contribution in [0.2, 0.25) is 0 Å². The van der Waals surface area contributed by atoms with Crippen molar-refractivity contribution in [2.75, 3.05) is 33.1 Å². The molecule has 0 aliphatic carbocycles. The maximum Gasteiger partial charge on any atom is 0.293 e. The molecule has 35 heavy (non-hydrogen) atoms. The van der Waals surface area contributed by atoms with Crippen molar-refractivity contribution in [1.29, 1.82) is 0 Å². The number of amides is 3. The van der Waals surface area contributed by atoms with Crippen molar-refractivity contribution in [3.05, 3.63) is 58.5 Å². The summed E-state index contributed by atoms with van der Waals surface area (Å²) in [6, 6.07) is 12.2. The van der Waals surface area contributed by atoms with Crippen LogP contribution in [-0.2, 0) is 9.53 Å². The summed E-state index contributed by atoms with van der Waals surface area (Å²) >= 11 is 0.870. The van der Waals surface area contributed by atoms with Crippen LogP contribution in [0.5, 0.6) is 17.2 Å². The Bertz CT molecular complexity index is 1180. The number of rotatable bonds is 8. The van der Waals surface area contributed by atoms with Gasteiger partial charge in [-0.1, -0.05) is 12.1 Å². The molecule has 1 N–H and O–H groups in total. The van der Waals surface area contributed by atoms with E-state index in [-0.39, 0.29) is 37.1 Å². The van der Waals surface area contributed by atoms with Gasteiger partial charge >= 0.3 is 0 Å². The molecule has 3 aliphatic heterocycles. The molecule has 3 aliphatic rings. The minimum absolute atomic E-state index is 0.0735. The summed E-state index contributed by atoms with van der Waals surface area (Å²) in [7, 11) is 0. The lowest BCUT2D eigenvalue weighted by molar-refractivity contribution is -0.122. The van der Waals surface area contributed by atoms with Crippen LogP contribution in [0.3, 0.4) is 0 Å². The smallest absolute Gasteiger partial charge is 0.293 e. The molecule has 1 atom stereocenters. The van der Waals surface area contributed by atoms with Gasteiger partial charge in [-0.05, 0) is 66.6 Å². The number of ether oxygens (including phenoxy) is 4. The summed E-state index contributed by atoms with van der Waals surface area (Å²) in [6.45, 7) is 1.57. The standard InChI is InChI=1S/C25H24N2O7S/c28-23(17-3-1-4-18(13-17)32-14-19-5-2-10-31-19)26-8-9-27-24(29)22(35-25(27)30)12-16-6-7-20-21(11-16)34-15-33-20/h1,3-4,6-7,11-13,19H,2,5,8-10,14-15H2,(H,26,28)/b22-12-. The Balaban J connectivity index is 1.13. The number of benzene rings is 2. The molecule has 0 radical (unpaired) electrons. The van der Waals surface area contributed by atoms with Gasteiger partial charge in [0, 0.05) is 25.3 Å². The first kappa shape index (κ1) is 23.3. The van der Waals surface area contributed by atoms with Crippen molar-refractivity contribution in [1.82, 2.24) is 10.2 Å². The van der Waals surface area contributed by atoms with Gasteiger partial charge in [0.05, 0.1) is 11.0 Å². The quantitative estimate of drug-likeness (QED) is 0.555. The number of thioether (sulfide) groups is 1. The Kier molecular flexibility index (Phi) is 6.91. The highest BCUT2D eigenvalue weighted by molar-refractivity contribution is 8.18. The molecule has 9 nitrogen and oxygen atoms in total. The van der Waals surface area contributed by atoms with Crippen molar-refractivity contribution in [2.45, 2.75) is 18.9 Å². The van der Waals surface area contributed by atoms with Gasteiger partial charge in [-0.3, -0.25) is 19.3 Å². The summed E-state index contributed by atoms with van der Waals surface area (Å²) in [5.41, 5.74) is 1.17. The molecule has 0 spiro atoms. The Hall–Kier alpha value is -3.50. The van der Waals surface area contributed by atoms with E-state index in [9.17, 15) is 14.4 Å². The average molecular weight is 497 g/mol. The van der Waals surface area contributed by atoms with Crippen LogP contribution in [0.1, 0.15) is 28.8 Å². The van der Waals surface area contributed by atoms with E-state index in [0.717, 1.165) is 41.7 Å². The lowest BCUT2D eigenvalue weighted by Gasteiger charge is -2.14. The van der Waals surface area contributed by atoms with Crippen LogP contribution in [0.15, 0.2) is 47.4 Å². The normalized spacial score (nSPS) is 20.1. The van der Waals surface area contributed by atoms with E-state index in [0.29, 0.717) is 34.3 Å². The minimum Gasteiger partial charge on any atom is -0.491 e. The lowest BCUT2D eigenvalue weighted by Crippen LogP contribution is -2.37. The fourth-order valence-electron chi connectivity index (χ4n) is 3.92. The van der Waals surface area contributed by atoms with Crippen molar-refractivity contribution in [3.63, 3.8) is 0 Å². The zero-order valence-corrected chi connectivity index (χ0v) is 19.7. The van der Waals surface area contributed by atoms with Crippen molar-refractivity contribution in [3.8, 4) is 17.2 Å². The maximum absolute atomic E-state index is 12.7. The monoisotopic (exact) mass is 496 g/mol. The summed E-state index contributed by atoms with van der Waals surface area (Å²) in [5, 5.41) is 2.39. The van der Waals surface area contributed by atoms with E-state index < -0.39 is 5.91 Å². The van der Waals surface area contributed by atoms with E-state index in [1.807, 2.05) is 0 Å². The van der Waals surface area contributed by atoms with Crippen LogP contribution >= 0.6 is 11.8 Å². The molecule has 2 saturated heterocycles. The molecule has 2 fully saturated rings. The van der Waals surface area contributed by atoms with Gasteiger partial charge in [0.2, 0.25) is 6.79 Å². The first-order valence-corrected chi connectivity index (χ1v) is 12.2. The predicted molar refractivity (Wildman–Crippen MR) is 128 cm³/mol. The largest absolute Gasteiger partial charge is 0.491 e. The van der Waals surface area contributed by atoms with Crippen LogP contribution in [-0.4, -0.2) is 61.2 Å². The number of carbonyl (C=O) groups is 3. The second-order valence-corrected chi connectivity index (χ2v) is 9.17. The summed E-state index contributed by atoms with van der Waals surface area (Å²) < 4.78 is 21.9. The van der Waals surface area contributed by atoms with Crippen LogP contribution in [0.4, 0.5) is 4.79 Å². The topological polar surface area (TPSA) is 103 Å². The molecule has 10 heteroatoms. The van der Waals surface area contributed by atoms with Gasteiger partial charge < -0.3 is 24.3 Å². The number of hydrogen-bond acceptors (Lipinski definition) is 8. The molecular formula is C25H24N2O7S.